The third-order valence-electron chi connectivity index (χ3n) is 1.59. The molecule has 2 aromatic heterocycles. The lowest BCUT2D eigenvalue weighted by atomic mass is 10.3. The topological polar surface area (TPSA) is 82.5 Å². The molecule has 2 N–H and O–H groups in total. The fraction of sp³-hybridized carbons (Fsp3) is 0.143. The Balaban J connectivity index is 2.41. The summed E-state index contributed by atoms with van der Waals surface area (Å²) in [7, 11) is 0. The van der Waals surface area contributed by atoms with Crippen LogP contribution in [0.25, 0.3) is 5.82 Å². The minimum Gasteiger partial charge on any atom is -0.326 e. The van der Waals surface area contributed by atoms with E-state index < -0.39 is 0 Å². The summed E-state index contributed by atoms with van der Waals surface area (Å²) in [6.45, 7) is 0.442. The van der Waals surface area contributed by atoms with E-state index >= 15 is 0 Å². The van der Waals surface area contributed by atoms with E-state index in [1.54, 1.807) is 12.5 Å². The number of nitrogens with two attached hydrogens (primary N) is 1. The molecule has 2 heterocycles. The standard InChI is InChI=1S/C7H8N6/c8-2-6-1-7(12-10-3-6)13-5-9-4-11-13/h1,3-5H,2,8H2. The number of nitrogens with zero attached hydrogens (tertiary/aromatic N) is 5. The second kappa shape index (κ2) is 3.28. The quantitative estimate of drug-likeness (QED) is 0.668. The van der Waals surface area contributed by atoms with E-state index in [9.17, 15) is 0 Å². The van der Waals surface area contributed by atoms with E-state index in [1.165, 1.54) is 11.0 Å². The van der Waals surface area contributed by atoms with Gasteiger partial charge in [-0.3, -0.25) is 0 Å². The maximum Gasteiger partial charge on any atom is 0.177 e. The summed E-state index contributed by atoms with van der Waals surface area (Å²) in [6, 6.07) is 1.82. The van der Waals surface area contributed by atoms with Crippen LogP contribution in [0.5, 0.6) is 0 Å². The summed E-state index contributed by atoms with van der Waals surface area (Å²) in [5, 5.41) is 11.6. The molecular formula is C7H8N6. The molecule has 0 atom stereocenters. The molecule has 6 nitrogen and oxygen atoms in total. The first-order valence-electron chi connectivity index (χ1n) is 3.77. The molecular weight excluding hydrogens is 168 g/mol. The summed E-state index contributed by atoms with van der Waals surface area (Å²) in [4.78, 5) is 3.81. The Hall–Kier alpha value is -1.82. The zero-order chi connectivity index (χ0) is 9.10. The fourth-order valence-electron chi connectivity index (χ4n) is 0.944. The third-order valence-corrected chi connectivity index (χ3v) is 1.59. The third kappa shape index (κ3) is 1.52. The van der Waals surface area contributed by atoms with Crippen molar-refractivity contribution in [2.45, 2.75) is 6.54 Å². The van der Waals surface area contributed by atoms with Gasteiger partial charge in [0.2, 0.25) is 0 Å². The normalized spacial score (nSPS) is 10.2. The molecule has 0 fully saturated rings. The van der Waals surface area contributed by atoms with Crippen molar-refractivity contribution in [1.82, 2.24) is 25.0 Å². The van der Waals surface area contributed by atoms with Crippen molar-refractivity contribution < 1.29 is 0 Å². The molecule has 0 aliphatic carbocycles. The Morgan fingerprint density at radius 2 is 2.38 bits per heavy atom. The molecule has 0 saturated carbocycles. The van der Waals surface area contributed by atoms with Gasteiger partial charge in [0.15, 0.2) is 5.82 Å². The molecule has 0 bridgehead atoms. The molecule has 0 unspecified atom stereocenters. The molecule has 0 radical (unpaired) electrons. The van der Waals surface area contributed by atoms with E-state index in [-0.39, 0.29) is 0 Å². The molecule has 2 aromatic rings. The summed E-state index contributed by atoms with van der Waals surface area (Å²) in [5.74, 6) is 0.625. The van der Waals surface area contributed by atoms with Crippen molar-refractivity contribution in [3.05, 3.63) is 30.5 Å². The molecule has 6 heteroatoms. The molecule has 13 heavy (non-hydrogen) atoms. The minimum absolute atomic E-state index is 0.442. The zero-order valence-electron chi connectivity index (χ0n) is 6.83. The number of rotatable bonds is 2. The van der Waals surface area contributed by atoms with Crippen LogP contribution in [0.4, 0.5) is 0 Å². The smallest absolute Gasteiger partial charge is 0.177 e. The van der Waals surface area contributed by atoms with Crippen molar-refractivity contribution in [3.8, 4) is 5.82 Å². The predicted molar refractivity (Wildman–Crippen MR) is 44.8 cm³/mol. The van der Waals surface area contributed by atoms with Crippen LogP contribution in [-0.2, 0) is 6.54 Å². The van der Waals surface area contributed by atoms with Crippen LogP contribution in [0.2, 0.25) is 0 Å². The van der Waals surface area contributed by atoms with Gasteiger partial charge in [-0.2, -0.15) is 10.2 Å². The van der Waals surface area contributed by atoms with Crippen LogP contribution >= 0.6 is 0 Å². The Morgan fingerprint density at radius 3 is 3.08 bits per heavy atom. The molecule has 0 saturated heterocycles. The lowest BCUT2D eigenvalue weighted by Gasteiger charge is -1.99. The average Bonchev–Trinajstić information content (AvgIpc) is 2.71. The molecule has 0 aliphatic heterocycles. The highest BCUT2D eigenvalue weighted by Gasteiger charge is 1.99. The second-order valence-electron chi connectivity index (χ2n) is 2.47. The van der Waals surface area contributed by atoms with Crippen LogP contribution in [-0.4, -0.2) is 25.0 Å². The van der Waals surface area contributed by atoms with Gasteiger partial charge >= 0.3 is 0 Å². The van der Waals surface area contributed by atoms with Crippen LogP contribution in [0.15, 0.2) is 24.9 Å². The monoisotopic (exact) mass is 176 g/mol. The molecule has 66 valence electrons. The van der Waals surface area contributed by atoms with Crippen molar-refractivity contribution >= 4 is 0 Å². The first-order valence-corrected chi connectivity index (χ1v) is 3.77. The lowest BCUT2D eigenvalue weighted by Crippen LogP contribution is -2.03. The largest absolute Gasteiger partial charge is 0.326 e. The van der Waals surface area contributed by atoms with Crippen molar-refractivity contribution in [3.63, 3.8) is 0 Å². The SMILES string of the molecule is NCc1cnnc(-n2cncn2)c1. The zero-order valence-corrected chi connectivity index (χ0v) is 6.83. The number of hydrogen-bond donors (Lipinski definition) is 1. The molecule has 2 rings (SSSR count). The molecule has 0 amide bonds. The van der Waals surface area contributed by atoms with Gasteiger partial charge in [-0.15, -0.1) is 5.10 Å². The van der Waals surface area contributed by atoms with E-state index in [0.29, 0.717) is 12.4 Å². The van der Waals surface area contributed by atoms with Crippen LogP contribution in [0.3, 0.4) is 0 Å². The first kappa shape index (κ1) is 7.81. The van der Waals surface area contributed by atoms with Crippen LogP contribution in [0, 0.1) is 0 Å². The Morgan fingerprint density at radius 1 is 1.46 bits per heavy atom. The average molecular weight is 176 g/mol. The highest BCUT2D eigenvalue weighted by atomic mass is 15.4. The first-order chi connectivity index (χ1) is 6.40. The summed E-state index contributed by atoms with van der Waals surface area (Å²) >= 11 is 0. The summed E-state index contributed by atoms with van der Waals surface area (Å²) in [6.07, 6.45) is 4.63. The molecule has 0 aromatic carbocycles. The highest BCUT2D eigenvalue weighted by Crippen LogP contribution is 2.01. The van der Waals surface area contributed by atoms with Gasteiger partial charge in [-0.25, -0.2) is 9.67 Å². The van der Waals surface area contributed by atoms with Gasteiger partial charge in [0.05, 0.1) is 6.20 Å². The van der Waals surface area contributed by atoms with Gasteiger partial charge < -0.3 is 5.73 Å². The lowest BCUT2D eigenvalue weighted by molar-refractivity contribution is 0.803. The maximum absolute atomic E-state index is 5.46. The Bertz CT molecular complexity index is 382. The maximum atomic E-state index is 5.46. The van der Waals surface area contributed by atoms with Crippen LogP contribution in [0.1, 0.15) is 5.56 Å². The fourth-order valence-corrected chi connectivity index (χ4v) is 0.944. The second-order valence-corrected chi connectivity index (χ2v) is 2.47. The number of hydrogen-bond acceptors (Lipinski definition) is 5. The van der Waals surface area contributed by atoms with Crippen molar-refractivity contribution in [2.75, 3.05) is 0 Å². The van der Waals surface area contributed by atoms with E-state index in [1.807, 2.05) is 6.07 Å². The summed E-state index contributed by atoms with van der Waals surface area (Å²) < 4.78 is 1.53. The van der Waals surface area contributed by atoms with E-state index in [4.69, 9.17) is 5.73 Å². The highest BCUT2D eigenvalue weighted by molar-refractivity contribution is 5.23. The number of aromatic nitrogens is 5. The predicted octanol–water partition coefficient (Wildman–Crippen LogP) is -0.484. The van der Waals surface area contributed by atoms with Crippen molar-refractivity contribution in [1.29, 1.82) is 0 Å². The van der Waals surface area contributed by atoms with Gasteiger partial charge in [-0.05, 0) is 11.6 Å². The van der Waals surface area contributed by atoms with Gasteiger partial charge in [0, 0.05) is 6.54 Å². The Kier molecular flexibility index (Phi) is 1.97. The van der Waals surface area contributed by atoms with Crippen LogP contribution < -0.4 is 5.73 Å². The molecule has 0 spiro atoms. The van der Waals surface area contributed by atoms with E-state index in [0.717, 1.165) is 5.56 Å². The summed E-state index contributed by atoms with van der Waals surface area (Å²) in [5.41, 5.74) is 6.38. The Labute approximate surface area is 74.4 Å². The molecule has 0 aliphatic rings. The minimum atomic E-state index is 0.442. The van der Waals surface area contributed by atoms with Gasteiger partial charge in [0.25, 0.3) is 0 Å². The van der Waals surface area contributed by atoms with Gasteiger partial charge in [0.1, 0.15) is 12.7 Å². The van der Waals surface area contributed by atoms with E-state index in [2.05, 4.69) is 20.3 Å². The van der Waals surface area contributed by atoms with Gasteiger partial charge in [-0.1, -0.05) is 0 Å². The van der Waals surface area contributed by atoms with Crippen molar-refractivity contribution in [2.24, 2.45) is 5.73 Å².